The van der Waals surface area contributed by atoms with Crippen LogP contribution >= 0.6 is 0 Å². The zero-order valence-corrected chi connectivity index (χ0v) is 11.6. The number of methoxy groups -OCH3 is 1. The van der Waals surface area contributed by atoms with E-state index in [1.165, 1.54) is 7.11 Å². The van der Waals surface area contributed by atoms with Gasteiger partial charge in [0.05, 0.1) is 19.1 Å². The monoisotopic (exact) mass is 278 g/mol. The summed E-state index contributed by atoms with van der Waals surface area (Å²) in [6.45, 7) is 1.90. The van der Waals surface area contributed by atoms with Crippen molar-refractivity contribution in [3.05, 3.63) is 24.3 Å². The molecule has 2 aliphatic rings. The Morgan fingerprint density at radius 3 is 2.80 bits per heavy atom. The van der Waals surface area contributed by atoms with Gasteiger partial charge in [0.25, 0.3) is 0 Å². The van der Waals surface area contributed by atoms with Crippen LogP contribution in [0, 0.1) is 17.3 Å². The summed E-state index contributed by atoms with van der Waals surface area (Å²) in [7, 11) is 1.32. The van der Waals surface area contributed by atoms with Crippen LogP contribution in [0.1, 0.15) is 19.8 Å². The van der Waals surface area contributed by atoms with Gasteiger partial charge in [0.1, 0.15) is 11.7 Å². The number of Topliss-reactive ketones (excluding diaryl/α,β-unsaturated/α-hetero) is 1. The maximum absolute atomic E-state index is 12.2. The fraction of sp³-hybridized carbons (Fsp3) is 0.533. The Morgan fingerprint density at radius 2 is 2.15 bits per heavy atom. The summed E-state index contributed by atoms with van der Waals surface area (Å²) in [6.07, 6.45) is 7.51. The highest BCUT2D eigenvalue weighted by atomic mass is 16.5. The lowest BCUT2D eigenvalue weighted by Gasteiger charge is -2.42. The number of carbonyl (C=O) groups is 3. The van der Waals surface area contributed by atoms with Gasteiger partial charge in [-0.05, 0) is 13.3 Å². The average molecular weight is 278 g/mol. The van der Waals surface area contributed by atoms with Crippen LogP contribution in [0.5, 0.6) is 0 Å². The molecule has 1 unspecified atom stereocenters. The van der Waals surface area contributed by atoms with Crippen LogP contribution in [0.15, 0.2) is 24.3 Å². The third-order valence-corrected chi connectivity index (χ3v) is 4.02. The van der Waals surface area contributed by atoms with Crippen LogP contribution in [0.25, 0.3) is 0 Å². The third kappa shape index (κ3) is 2.17. The van der Waals surface area contributed by atoms with Crippen molar-refractivity contribution in [2.45, 2.75) is 19.8 Å². The lowest BCUT2D eigenvalue weighted by atomic mass is 9.59. The molecule has 0 aromatic rings. The van der Waals surface area contributed by atoms with Crippen molar-refractivity contribution < 1.29 is 23.9 Å². The summed E-state index contributed by atoms with van der Waals surface area (Å²) in [5.41, 5.74) is -0.936. The van der Waals surface area contributed by atoms with Gasteiger partial charge in [0.15, 0.2) is 0 Å². The van der Waals surface area contributed by atoms with Gasteiger partial charge in [-0.3, -0.25) is 14.4 Å². The molecule has 0 heterocycles. The summed E-state index contributed by atoms with van der Waals surface area (Å²) < 4.78 is 9.87. The van der Waals surface area contributed by atoms with Crippen LogP contribution in [0.2, 0.25) is 0 Å². The minimum absolute atomic E-state index is 0.173. The molecule has 20 heavy (non-hydrogen) atoms. The molecule has 3 atom stereocenters. The van der Waals surface area contributed by atoms with Crippen LogP contribution in [-0.2, 0) is 23.9 Å². The molecule has 5 heteroatoms. The summed E-state index contributed by atoms with van der Waals surface area (Å²) in [6, 6.07) is 0. The maximum Gasteiger partial charge on any atom is 0.317 e. The van der Waals surface area contributed by atoms with E-state index in [-0.39, 0.29) is 18.8 Å². The van der Waals surface area contributed by atoms with Crippen molar-refractivity contribution in [2.24, 2.45) is 17.3 Å². The van der Waals surface area contributed by atoms with Gasteiger partial charge in [-0.2, -0.15) is 0 Å². The quantitative estimate of drug-likeness (QED) is 0.577. The Labute approximate surface area is 117 Å². The second-order valence-corrected chi connectivity index (χ2v) is 5.00. The van der Waals surface area contributed by atoms with E-state index in [2.05, 4.69) is 0 Å². The number of fused-ring (bicyclic) bond motifs is 1. The number of rotatable bonds is 3. The van der Waals surface area contributed by atoms with Crippen LogP contribution in [0.3, 0.4) is 0 Å². The van der Waals surface area contributed by atoms with Gasteiger partial charge in [0, 0.05) is 12.3 Å². The molecule has 0 radical (unpaired) electrons. The van der Waals surface area contributed by atoms with Gasteiger partial charge in [0.2, 0.25) is 0 Å². The van der Waals surface area contributed by atoms with Gasteiger partial charge in [-0.25, -0.2) is 0 Å². The molecular formula is C15H18O5. The van der Waals surface area contributed by atoms with Crippen molar-refractivity contribution in [3.63, 3.8) is 0 Å². The van der Waals surface area contributed by atoms with Crippen molar-refractivity contribution in [3.8, 4) is 0 Å². The first-order chi connectivity index (χ1) is 9.56. The number of hydrogen-bond donors (Lipinski definition) is 0. The zero-order chi connectivity index (χ0) is 14.8. The zero-order valence-electron chi connectivity index (χ0n) is 11.6. The molecule has 0 aromatic heterocycles. The second-order valence-electron chi connectivity index (χ2n) is 5.00. The molecule has 2 aliphatic carbocycles. The third-order valence-electron chi connectivity index (χ3n) is 4.02. The van der Waals surface area contributed by atoms with Crippen LogP contribution in [-0.4, -0.2) is 31.4 Å². The predicted octanol–water partition coefficient (Wildman–Crippen LogP) is 1.43. The standard InChI is InChI=1S/C15H18O5/c1-3-20-13(17)12-10-6-4-5-8-15(10,14(18)19-2)9-7-11(12)16/h4-6,8,10,12H,3,7,9H2,1-2H3/t10-,12?,15+/m0/s1. The van der Waals surface area contributed by atoms with E-state index < -0.39 is 29.2 Å². The number of carbonyl (C=O) groups excluding carboxylic acids is 3. The Bertz CT molecular complexity index is 490. The van der Waals surface area contributed by atoms with Gasteiger partial charge < -0.3 is 9.47 Å². The summed E-state index contributed by atoms with van der Waals surface area (Å²) in [5.74, 6) is -2.60. The van der Waals surface area contributed by atoms with Crippen molar-refractivity contribution in [2.75, 3.05) is 13.7 Å². The topological polar surface area (TPSA) is 69.7 Å². The Hall–Kier alpha value is -1.91. The highest BCUT2D eigenvalue weighted by Crippen LogP contribution is 2.48. The normalized spacial score (nSPS) is 31.6. The number of esters is 2. The summed E-state index contributed by atoms with van der Waals surface area (Å²) in [4.78, 5) is 36.4. The molecule has 0 amide bonds. The number of allylic oxidation sites excluding steroid dienone is 3. The maximum atomic E-state index is 12.2. The molecule has 0 bridgehead atoms. The molecule has 2 rings (SSSR count). The number of ketones is 1. The van der Waals surface area contributed by atoms with E-state index in [0.29, 0.717) is 6.42 Å². The Morgan fingerprint density at radius 1 is 1.40 bits per heavy atom. The Kier molecular flexibility index (Phi) is 4.06. The Balaban J connectivity index is 2.41. The minimum Gasteiger partial charge on any atom is -0.468 e. The molecule has 1 fully saturated rings. The highest BCUT2D eigenvalue weighted by molar-refractivity contribution is 6.02. The van der Waals surface area contributed by atoms with E-state index in [0.717, 1.165) is 0 Å². The molecule has 0 aliphatic heterocycles. The lowest BCUT2D eigenvalue weighted by molar-refractivity contribution is -0.164. The molecule has 1 saturated carbocycles. The van der Waals surface area contributed by atoms with E-state index in [4.69, 9.17) is 9.47 Å². The van der Waals surface area contributed by atoms with E-state index in [1.54, 1.807) is 31.2 Å². The first-order valence-corrected chi connectivity index (χ1v) is 6.70. The van der Waals surface area contributed by atoms with Gasteiger partial charge in [-0.15, -0.1) is 0 Å². The number of ether oxygens (including phenoxy) is 2. The van der Waals surface area contributed by atoms with Gasteiger partial charge >= 0.3 is 11.9 Å². The molecule has 0 spiro atoms. The fourth-order valence-corrected chi connectivity index (χ4v) is 3.04. The first-order valence-electron chi connectivity index (χ1n) is 6.70. The molecule has 5 nitrogen and oxygen atoms in total. The molecule has 0 saturated heterocycles. The van der Waals surface area contributed by atoms with E-state index in [9.17, 15) is 14.4 Å². The van der Waals surface area contributed by atoms with Crippen LogP contribution in [0.4, 0.5) is 0 Å². The van der Waals surface area contributed by atoms with Crippen molar-refractivity contribution in [1.82, 2.24) is 0 Å². The average Bonchev–Trinajstić information content (AvgIpc) is 2.46. The second kappa shape index (κ2) is 5.61. The molecule has 108 valence electrons. The highest BCUT2D eigenvalue weighted by Gasteiger charge is 2.55. The predicted molar refractivity (Wildman–Crippen MR) is 70.6 cm³/mol. The summed E-state index contributed by atoms with van der Waals surface area (Å²) in [5, 5.41) is 0. The fourth-order valence-electron chi connectivity index (χ4n) is 3.04. The van der Waals surface area contributed by atoms with E-state index >= 15 is 0 Å². The smallest absolute Gasteiger partial charge is 0.317 e. The molecular weight excluding hydrogens is 260 g/mol. The largest absolute Gasteiger partial charge is 0.468 e. The van der Waals surface area contributed by atoms with Crippen LogP contribution < -0.4 is 0 Å². The summed E-state index contributed by atoms with van der Waals surface area (Å²) >= 11 is 0. The lowest BCUT2D eigenvalue weighted by Crippen LogP contribution is -2.50. The number of hydrogen-bond acceptors (Lipinski definition) is 5. The van der Waals surface area contributed by atoms with E-state index in [1.807, 2.05) is 0 Å². The minimum atomic E-state index is -0.936. The van der Waals surface area contributed by atoms with Gasteiger partial charge in [-0.1, -0.05) is 24.3 Å². The first kappa shape index (κ1) is 14.5. The molecule has 0 aromatic carbocycles. The van der Waals surface area contributed by atoms with Crippen molar-refractivity contribution in [1.29, 1.82) is 0 Å². The van der Waals surface area contributed by atoms with Crippen molar-refractivity contribution >= 4 is 17.7 Å². The molecule has 0 N–H and O–H groups in total. The SMILES string of the molecule is CCOC(=O)C1C(=O)CC[C@]2(C(=O)OC)C=CC=C[C@@H]12.